The first-order valence-electron chi connectivity index (χ1n) is 9.15. The first kappa shape index (κ1) is 21.3. The van der Waals surface area contributed by atoms with Gasteiger partial charge >= 0.3 is 12.2 Å². The number of benzene rings is 2. The Hall–Kier alpha value is -3.39. The maximum Gasteiger partial charge on any atom is 0.413 e. The molecule has 0 aliphatic carbocycles. The monoisotopic (exact) mass is 469 g/mol. The lowest BCUT2D eigenvalue weighted by Gasteiger charge is -2.13. The average Bonchev–Trinajstić information content (AvgIpc) is 2.79. The molecule has 2 N–H and O–H groups in total. The van der Waals surface area contributed by atoms with Crippen LogP contribution in [0, 0.1) is 0 Å². The zero-order valence-electron chi connectivity index (χ0n) is 16.0. The second-order valence-electron chi connectivity index (χ2n) is 6.21. The summed E-state index contributed by atoms with van der Waals surface area (Å²) in [5, 5.41) is 5.66. The number of anilines is 2. The van der Waals surface area contributed by atoms with Crippen molar-refractivity contribution in [3.05, 3.63) is 89.6 Å². The molecule has 1 heterocycles. The normalized spacial score (nSPS) is 10.2. The van der Waals surface area contributed by atoms with Gasteiger partial charge in [-0.2, -0.15) is 0 Å². The molecule has 0 bridgehead atoms. The maximum absolute atomic E-state index is 12.2. The zero-order chi connectivity index (χ0) is 21.2. The Kier molecular flexibility index (Phi) is 7.79. The van der Waals surface area contributed by atoms with E-state index >= 15 is 0 Å². The van der Waals surface area contributed by atoms with Gasteiger partial charge in [0, 0.05) is 5.33 Å². The maximum atomic E-state index is 12.2. The highest BCUT2D eigenvalue weighted by Gasteiger charge is 2.14. The molecule has 0 saturated heterocycles. The van der Waals surface area contributed by atoms with Gasteiger partial charge in [0.2, 0.25) is 0 Å². The van der Waals surface area contributed by atoms with Crippen LogP contribution in [0.4, 0.5) is 21.1 Å². The Bertz CT molecular complexity index is 984. The fourth-order valence-electron chi connectivity index (χ4n) is 2.50. The van der Waals surface area contributed by atoms with E-state index in [0.29, 0.717) is 16.7 Å². The van der Waals surface area contributed by atoms with Crippen molar-refractivity contribution < 1.29 is 19.1 Å². The third-order valence-corrected chi connectivity index (χ3v) is 4.55. The zero-order valence-corrected chi connectivity index (χ0v) is 17.6. The van der Waals surface area contributed by atoms with Gasteiger partial charge in [-0.1, -0.05) is 76.6 Å². The number of pyridine rings is 1. The van der Waals surface area contributed by atoms with Gasteiger partial charge in [0.1, 0.15) is 13.2 Å². The summed E-state index contributed by atoms with van der Waals surface area (Å²) >= 11 is 3.33. The third kappa shape index (κ3) is 6.59. The number of halogens is 1. The molecule has 2 amide bonds. The van der Waals surface area contributed by atoms with Gasteiger partial charge < -0.3 is 9.47 Å². The summed E-state index contributed by atoms with van der Waals surface area (Å²) in [6.07, 6.45) is -1.34. The fraction of sp³-hybridized carbons (Fsp3) is 0.136. The summed E-state index contributed by atoms with van der Waals surface area (Å²) in [4.78, 5) is 28.7. The van der Waals surface area contributed by atoms with Crippen molar-refractivity contribution >= 4 is 39.6 Å². The minimum absolute atomic E-state index is 0.118. The molecule has 2 aromatic carbocycles. The number of hydrogen-bond acceptors (Lipinski definition) is 5. The molecule has 3 aromatic rings. The number of carbonyl (C=O) groups is 2. The molecule has 0 radical (unpaired) electrons. The van der Waals surface area contributed by atoms with Crippen molar-refractivity contribution in [2.45, 2.75) is 18.5 Å². The average molecular weight is 470 g/mol. The highest BCUT2D eigenvalue weighted by atomic mass is 79.9. The van der Waals surface area contributed by atoms with Crippen LogP contribution in [-0.4, -0.2) is 17.2 Å². The number of ether oxygens (including phenoxy) is 2. The van der Waals surface area contributed by atoms with Gasteiger partial charge in [0.25, 0.3) is 0 Å². The molecule has 30 heavy (non-hydrogen) atoms. The number of amides is 2. The molecule has 0 aliphatic rings. The van der Waals surface area contributed by atoms with Crippen LogP contribution in [0.3, 0.4) is 0 Å². The predicted molar refractivity (Wildman–Crippen MR) is 117 cm³/mol. The smallest absolute Gasteiger partial charge is 0.413 e. The molecular weight excluding hydrogens is 450 g/mol. The molecule has 7 nitrogen and oxygen atoms in total. The molecular formula is C22H20BrN3O4. The van der Waals surface area contributed by atoms with E-state index in [1.54, 1.807) is 12.1 Å². The van der Waals surface area contributed by atoms with Gasteiger partial charge in [-0.15, -0.1) is 0 Å². The number of hydrogen-bond donors (Lipinski definition) is 2. The van der Waals surface area contributed by atoms with Crippen LogP contribution in [0.5, 0.6) is 0 Å². The summed E-state index contributed by atoms with van der Waals surface area (Å²) < 4.78 is 10.4. The van der Waals surface area contributed by atoms with Crippen molar-refractivity contribution in [3.63, 3.8) is 0 Å². The number of nitrogens with zero attached hydrogens (tertiary/aromatic N) is 1. The molecule has 1 aromatic heterocycles. The summed E-state index contributed by atoms with van der Waals surface area (Å²) in [5.74, 6) is 0.168. The van der Waals surface area contributed by atoms with E-state index in [1.807, 2.05) is 60.7 Å². The van der Waals surface area contributed by atoms with Crippen LogP contribution in [0.2, 0.25) is 0 Å². The largest absolute Gasteiger partial charge is 0.444 e. The molecule has 0 aliphatic heterocycles. The Morgan fingerprint density at radius 1 is 0.767 bits per heavy atom. The second-order valence-corrected chi connectivity index (χ2v) is 6.77. The Labute approximate surface area is 182 Å². The summed E-state index contributed by atoms with van der Waals surface area (Å²) in [6, 6.07) is 22.0. The van der Waals surface area contributed by atoms with Crippen LogP contribution in [0.25, 0.3) is 0 Å². The van der Waals surface area contributed by atoms with E-state index in [4.69, 9.17) is 9.47 Å². The molecule has 0 spiro atoms. The molecule has 154 valence electrons. The lowest BCUT2D eigenvalue weighted by molar-refractivity contribution is 0.153. The second kappa shape index (κ2) is 11.0. The van der Waals surface area contributed by atoms with Crippen molar-refractivity contribution in [2.75, 3.05) is 10.6 Å². The van der Waals surface area contributed by atoms with Crippen molar-refractivity contribution in [3.8, 4) is 0 Å². The van der Waals surface area contributed by atoms with Gasteiger partial charge in [-0.25, -0.2) is 14.6 Å². The predicted octanol–water partition coefficient (Wildman–Crippen LogP) is 5.47. The van der Waals surface area contributed by atoms with Gasteiger partial charge in [0.15, 0.2) is 5.82 Å². The van der Waals surface area contributed by atoms with Gasteiger partial charge in [-0.05, 0) is 23.3 Å². The summed E-state index contributed by atoms with van der Waals surface area (Å²) in [5.41, 5.74) is 2.70. The first-order valence-corrected chi connectivity index (χ1v) is 10.3. The summed E-state index contributed by atoms with van der Waals surface area (Å²) in [6.45, 7) is 0.244. The standard InChI is InChI=1S/C22H20BrN3O4/c23-13-18-11-12-19(25-21(27)29-14-16-7-3-1-4-8-16)20(24-18)26-22(28)30-15-17-9-5-2-6-10-17/h1-12H,13-15H2,(H,25,27)(H,24,26,28). The van der Waals surface area contributed by atoms with Gasteiger partial charge in [-0.3, -0.25) is 10.6 Å². The molecule has 0 fully saturated rings. The van der Waals surface area contributed by atoms with Crippen LogP contribution < -0.4 is 10.6 Å². The SMILES string of the molecule is O=C(Nc1ccc(CBr)nc1NC(=O)OCc1ccccc1)OCc1ccccc1. The van der Waals surface area contributed by atoms with Crippen LogP contribution in [0.15, 0.2) is 72.8 Å². The van der Waals surface area contributed by atoms with E-state index < -0.39 is 12.2 Å². The number of rotatable bonds is 7. The van der Waals surface area contributed by atoms with E-state index in [-0.39, 0.29) is 19.0 Å². The van der Waals surface area contributed by atoms with Crippen molar-refractivity contribution in [1.29, 1.82) is 0 Å². The highest BCUT2D eigenvalue weighted by molar-refractivity contribution is 9.08. The Morgan fingerprint density at radius 3 is 1.83 bits per heavy atom. The number of carbonyl (C=O) groups excluding carboxylic acids is 2. The third-order valence-electron chi connectivity index (χ3n) is 3.97. The Balaban J connectivity index is 1.61. The van der Waals surface area contributed by atoms with E-state index in [2.05, 4.69) is 31.5 Å². The fourth-order valence-corrected chi connectivity index (χ4v) is 2.81. The van der Waals surface area contributed by atoms with E-state index in [0.717, 1.165) is 11.1 Å². The van der Waals surface area contributed by atoms with Crippen LogP contribution in [0.1, 0.15) is 16.8 Å². The lowest BCUT2D eigenvalue weighted by atomic mass is 10.2. The minimum atomic E-state index is -0.682. The van der Waals surface area contributed by atoms with Crippen molar-refractivity contribution in [2.24, 2.45) is 0 Å². The number of nitrogens with one attached hydrogen (secondary N) is 2. The number of alkyl halides is 1. The quantitative estimate of drug-likeness (QED) is 0.447. The lowest BCUT2D eigenvalue weighted by Crippen LogP contribution is -2.19. The molecule has 0 atom stereocenters. The van der Waals surface area contributed by atoms with E-state index in [1.165, 1.54) is 0 Å². The number of aromatic nitrogens is 1. The summed E-state index contributed by atoms with van der Waals surface area (Å²) in [7, 11) is 0. The minimum Gasteiger partial charge on any atom is -0.444 e. The first-order chi connectivity index (χ1) is 14.6. The molecule has 0 unspecified atom stereocenters. The van der Waals surface area contributed by atoms with Crippen LogP contribution in [-0.2, 0) is 28.0 Å². The van der Waals surface area contributed by atoms with E-state index in [9.17, 15) is 9.59 Å². The Morgan fingerprint density at radius 2 is 1.30 bits per heavy atom. The molecule has 0 saturated carbocycles. The molecule has 8 heteroatoms. The van der Waals surface area contributed by atoms with Crippen LogP contribution >= 0.6 is 15.9 Å². The van der Waals surface area contributed by atoms with Crippen molar-refractivity contribution in [1.82, 2.24) is 4.98 Å². The topological polar surface area (TPSA) is 89.6 Å². The molecule has 3 rings (SSSR count). The highest BCUT2D eigenvalue weighted by Crippen LogP contribution is 2.21. The van der Waals surface area contributed by atoms with Gasteiger partial charge in [0.05, 0.1) is 11.4 Å².